The van der Waals surface area contributed by atoms with Crippen LogP contribution in [0.2, 0.25) is 0 Å². The fraction of sp³-hybridized carbons (Fsp3) is 0.538. The lowest BCUT2D eigenvalue weighted by molar-refractivity contribution is -0.195. The van der Waals surface area contributed by atoms with Crippen LogP contribution in [0.4, 0.5) is 24.5 Å². The lowest BCUT2D eigenvalue weighted by atomic mass is 9.86. The molecular formula is C26H34ClF3N2O2S. The van der Waals surface area contributed by atoms with Crippen molar-refractivity contribution in [2.75, 3.05) is 31.1 Å². The zero-order chi connectivity index (χ0) is 24.3. The average molecular weight is 531 g/mol. The van der Waals surface area contributed by atoms with Gasteiger partial charge in [0.05, 0.1) is 22.5 Å². The fourth-order valence-electron chi connectivity index (χ4n) is 5.13. The third kappa shape index (κ3) is 6.66. The summed E-state index contributed by atoms with van der Waals surface area (Å²) in [6.45, 7) is 7.11. The van der Waals surface area contributed by atoms with E-state index in [4.69, 9.17) is 4.74 Å². The number of rotatable bonds is 8. The van der Waals surface area contributed by atoms with Crippen molar-refractivity contribution in [2.24, 2.45) is 0 Å². The molecule has 1 N–H and O–H groups in total. The van der Waals surface area contributed by atoms with E-state index in [1.54, 1.807) is 13.0 Å². The summed E-state index contributed by atoms with van der Waals surface area (Å²) in [6.07, 6.45) is -0.580. The van der Waals surface area contributed by atoms with Crippen molar-refractivity contribution in [1.29, 1.82) is 0 Å². The van der Waals surface area contributed by atoms with Gasteiger partial charge >= 0.3 is 6.18 Å². The van der Waals surface area contributed by atoms with Crippen molar-refractivity contribution in [3.8, 4) is 0 Å². The summed E-state index contributed by atoms with van der Waals surface area (Å²) >= 11 is 1.52. The number of aliphatic hydroxyl groups excluding tert-OH is 1. The number of ether oxygens (including phenoxy) is 1. The van der Waals surface area contributed by atoms with E-state index >= 15 is 0 Å². The Morgan fingerprint density at radius 2 is 1.74 bits per heavy atom. The molecule has 9 heteroatoms. The van der Waals surface area contributed by atoms with Crippen molar-refractivity contribution in [3.05, 3.63) is 48.0 Å². The number of likely N-dealkylation sites (tertiary alicyclic amines) is 1. The van der Waals surface area contributed by atoms with Gasteiger partial charge in [-0.3, -0.25) is 0 Å². The molecule has 0 amide bonds. The summed E-state index contributed by atoms with van der Waals surface area (Å²) in [5, 5.41) is 9.76. The number of halogens is 4. The molecule has 2 aliphatic rings. The molecule has 194 valence electrons. The van der Waals surface area contributed by atoms with Crippen LogP contribution in [0.5, 0.6) is 0 Å². The Morgan fingerprint density at radius 1 is 1.06 bits per heavy atom. The maximum absolute atomic E-state index is 13.4. The molecule has 1 fully saturated rings. The van der Waals surface area contributed by atoms with Gasteiger partial charge in [0.25, 0.3) is 0 Å². The molecule has 0 aromatic heterocycles. The topological polar surface area (TPSA) is 35.9 Å². The van der Waals surface area contributed by atoms with E-state index in [9.17, 15) is 18.3 Å². The lowest BCUT2D eigenvalue weighted by Gasteiger charge is -2.42. The van der Waals surface area contributed by atoms with Crippen molar-refractivity contribution >= 4 is 35.5 Å². The molecule has 0 aliphatic carbocycles. The van der Waals surface area contributed by atoms with Crippen molar-refractivity contribution < 1.29 is 23.0 Å². The second-order valence-electron chi connectivity index (χ2n) is 9.25. The Kier molecular flexibility index (Phi) is 9.43. The first-order valence-electron chi connectivity index (χ1n) is 12.0. The Hall–Kier alpha value is -1.45. The summed E-state index contributed by atoms with van der Waals surface area (Å²) in [7, 11) is 0. The summed E-state index contributed by atoms with van der Waals surface area (Å²) in [6, 6.07) is 11.9. The van der Waals surface area contributed by atoms with Crippen LogP contribution in [0.1, 0.15) is 51.5 Å². The zero-order valence-corrected chi connectivity index (χ0v) is 21.8. The minimum Gasteiger partial charge on any atom is -0.368 e. The second-order valence-corrected chi connectivity index (χ2v) is 10.3. The molecule has 35 heavy (non-hydrogen) atoms. The fourth-order valence-corrected chi connectivity index (χ4v) is 6.20. The smallest absolute Gasteiger partial charge is 0.368 e. The van der Waals surface area contributed by atoms with E-state index in [1.807, 2.05) is 29.2 Å². The highest BCUT2D eigenvalue weighted by atomic mass is 35.5. The van der Waals surface area contributed by atoms with Crippen molar-refractivity contribution in [2.45, 2.75) is 73.8 Å². The summed E-state index contributed by atoms with van der Waals surface area (Å²) in [5.74, 6) is 0. The molecule has 2 aliphatic heterocycles. The zero-order valence-electron chi connectivity index (χ0n) is 20.2. The average Bonchev–Trinajstić information content (AvgIpc) is 2.78. The number of para-hydroxylation sites is 1. The predicted molar refractivity (Wildman–Crippen MR) is 137 cm³/mol. The van der Waals surface area contributed by atoms with Gasteiger partial charge < -0.3 is 19.6 Å². The van der Waals surface area contributed by atoms with E-state index in [0.717, 1.165) is 67.2 Å². The first-order valence-corrected chi connectivity index (χ1v) is 12.9. The minimum atomic E-state index is -4.37. The van der Waals surface area contributed by atoms with Crippen molar-refractivity contribution in [3.63, 3.8) is 0 Å². The van der Waals surface area contributed by atoms with Crippen LogP contribution in [0.25, 0.3) is 0 Å². The number of nitrogens with zero attached hydrogens (tertiary/aromatic N) is 2. The van der Waals surface area contributed by atoms with Gasteiger partial charge in [0, 0.05) is 29.4 Å². The quantitative estimate of drug-likeness (QED) is 0.368. The summed E-state index contributed by atoms with van der Waals surface area (Å²) in [4.78, 5) is 6.35. The molecule has 1 saturated heterocycles. The molecule has 2 heterocycles. The number of alkyl halides is 3. The SMILES string of the molecule is CCCC1(OC(C)O)CCN(CCCN2c3ccccc3Sc3ccc(C(F)(F)F)cc32)CC1.Cl. The van der Waals surface area contributed by atoms with E-state index < -0.39 is 18.0 Å². The summed E-state index contributed by atoms with van der Waals surface area (Å²) in [5.41, 5.74) is 0.724. The molecular weight excluding hydrogens is 497 g/mol. The van der Waals surface area contributed by atoms with Gasteiger partial charge in [-0.25, -0.2) is 0 Å². The number of hydrogen-bond donors (Lipinski definition) is 1. The standard InChI is InChI=1S/C26H33F3N2O2S.ClH/c1-3-11-25(33-19(2)32)12-16-30(17-13-25)14-6-15-31-21-7-4-5-8-23(21)34-24-10-9-20(18-22(24)31)26(27,28)29;/h4-5,7-10,18-19,32H,3,6,11-17H2,1-2H3;1H. The first kappa shape index (κ1) is 28.1. The number of piperidine rings is 1. The number of aliphatic hydroxyl groups is 1. The molecule has 4 nitrogen and oxygen atoms in total. The Morgan fingerprint density at radius 3 is 2.40 bits per heavy atom. The van der Waals surface area contributed by atoms with E-state index in [2.05, 4.69) is 11.8 Å². The van der Waals surface area contributed by atoms with E-state index in [0.29, 0.717) is 12.2 Å². The van der Waals surface area contributed by atoms with Crippen LogP contribution in [0.15, 0.2) is 52.3 Å². The molecule has 0 spiro atoms. The van der Waals surface area contributed by atoms with Gasteiger partial charge in [-0.05, 0) is 69.5 Å². The lowest BCUT2D eigenvalue weighted by Crippen LogP contribution is -2.47. The maximum atomic E-state index is 13.4. The number of hydrogen-bond acceptors (Lipinski definition) is 5. The third-order valence-electron chi connectivity index (χ3n) is 6.70. The van der Waals surface area contributed by atoms with Gasteiger partial charge in [0.1, 0.15) is 0 Å². The van der Waals surface area contributed by atoms with Crippen LogP contribution in [-0.2, 0) is 10.9 Å². The molecule has 1 unspecified atom stereocenters. The summed E-state index contributed by atoms with van der Waals surface area (Å²) < 4.78 is 46.2. The van der Waals surface area contributed by atoms with Gasteiger partial charge in [-0.15, -0.1) is 12.4 Å². The predicted octanol–water partition coefficient (Wildman–Crippen LogP) is 7.11. The molecule has 0 saturated carbocycles. The van der Waals surface area contributed by atoms with Crippen LogP contribution < -0.4 is 4.90 Å². The number of anilines is 2. The maximum Gasteiger partial charge on any atom is 0.416 e. The highest BCUT2D eigenvalue weighted by Gasteiger charge is 2.36. The third-order valence-corrected chi connectivity index (χ3v) is 7.83. The number of benzene rings is 2. The van der Waals surface area contributed by atoms with E-state index in [-0.39, 0.29) is 18.0 Å². The van der Waals surface area contributed by atoms with Crippen molar-refractivity contribution in [1.82, 2.24) is 4.90 Å². The normalized spacial score (nSPS) is 18.4. The highest BCUT2D eigenvalue weighted by Crippen LogP contribution is 2.49. The molecule has 0 radical (unpaired) electrons. The Balaban J connectivity index is 0.00000342. The molecule has 2 aromatic carbocycles. The van der Waals surface area contributed by atoms with Crippen LogP contribution >= 0.6 is 24.2 Å². The molecule has 4 rings (SSSR count). The largest absolute Gasteiger partial charge is 0.416 e. The molecule has 0 bridgehead atoms. The highest BCUT2D eigenvalue weighted by molar-refractivity contribution is 7.99. The first-order chi connectivity index (χ1) is 16.2. The molecule has 2 aromatic rings. The van der Waals surface area contributed by atoms with E-state index in [1.165, 1.54) is 23.9 Å². The van der Waals surface area contributed by atoms with Gasteiger partial charge in [0.15, 0.2) is 6.29 Å². The monoisotopic (exact) mass is 530 g/mol. The van der Waals surface area contributed by atoms with Gasteiger partial charge in [-0.1, -0.05) is 37.2 Å². The number of fused-ring (bicyclic) bond motifs is 2. The van der Waals surface area contributed by atoms with Gasteiger partial charge in [0.2, 0.25) is 0 Å². The Bertz CT molecular complexity index is 981. The second kappa shape index (κ2) is 11.7. The minimum absolute atomic E-state index is 0. The Labute approximate surface area is 216 Å². The van der Waals surface area contributed by atoms with Gasteiger partial charge in [-0.2, -0.15) is 13.2 Å². The molecule has 1 atom stereocenters. The van der Waals surface area contributed by atoms with Crippen LogP contribution in [-0.4, -0.2) is 48.1 Å². The van der Waals surface area contributed by atoms with Crippen LogP contribution in [0, 0.1) is 0 Å². The van der Waals surface area contributed by atoms with Crippen LogP contribution in [0.3, 0.4) is 0 Å².